The Kier molecular flexibility index (Phi) is 6.27. The summed E-state index contributed by atoms with van der Waals surface area (Å²) in [5, 5.41) is 5.83. The van der Waals surface area contributed by atoms with Gasteiger partial charge in [-0.2, -0.15) is 0 Å². The first-order valence-corrected chi connectivity index (χ1v) is 8.64. The fourth-order valence-corrected chi connectivity index (χ4v) is 3.13. The van der Waals surface area contributed by atoms with Gasteiger partial charge in [-0.3, -0.25) is 0 Å². The second-order valence-corrected chi connectivity index (χ2v) is 6.36. The smallest absolute Gasteiger partial charge is 0.119 e. The van der Waals surface area contributed by atoms with Crippen LogP contribution in [-0.2, 0) is 0 Å². The first-order chi connectivity index (χ1) is 10.3. The van der Waals surface area contributed by atoms with Gasteiger partial charge in [0.15, 0.2) is 0 Å². The van der Waals surface area contributed by atoms with Crippen LogP contribution in [0.15, 0.2) is 35.7 Å². The number of aryl methyl sites for hydroxylation is 1. The van der Waals surface area contributed by atoms with Crippen LogP contribution < -0.4 is 10.1 Å². The van der Waals surface area contributed by atoms with Gasteiger partial charge >= 0.3 is 0 Å². The van der Waals surface area contributed by atoms with E-state index in [-0.39, 0.29) is 6.04 Å². The average Bonchev–Trinajstić information content (AvgIpc) is 2.92. The quantitative estimate of drug-likeness (QED) is 0.746. The highest BCUT2D eigenvalue weighted by Crippen LogP contribution is 2.30. The van der Waals surface area contributed by atoms with Crippen molar-refractivity contribution in [2.75, 3.05) is 13.2 Å². The number of benzene rings is 1. The lowest BCUT2D eigenvalue weighted by molar-refractivity contribution is 0.317. The molecule has 2 nitrogen and oxygen atoms in total. The maximum atomic E-state index is 5.77. The van der Waals surface area contributed by atoms with E-state index in [1.807, 2.05) is 17.4 Å². The normalized spacial score (nSPS) is 12.3. The second-order valence-electron chi connectivity index (χ2n) is 5.24. The van der Waals surface area contributed by atoms with Gasteiger partial charge in [0.05, 0.1) is 12.6 Å². The summed E-state index contributed by atoms with van der Waals surface area (Å²) in [4.78, 5) is 1.38. The van der Waals surface area contributed by atoms with Crippen molar-refractivity contribution in [2.24, 2.45) is 0 Å². The van der Waals surface area contributed by atoms with E-state index < -0.39 is 0 Å². The van der Waals surface area contributed by atoms with Crippen molar-refractivity contribution in [1.29, 1.82) is 0 Å². The van der Waals surface area contributed by atoms with Gasteiger partial charge in [0.2, 0.25) is 0 Å². The fourth-order valence-electron chi connectivity index (χ4n) is 2.39. The lowest BCUT2D eigenvalue weighted by atomic mass is 9.99. The summed E-state index contributed by atoms with van der Waals surface area (Å²) in [6.07, 6.45) is 2.16. The van der Waals surface area contributed by atoms with Gasteiger partial charge < -0.3 is 10.1 Å². The van der Waals surface area contributed by atoms with Crippen molar-refractivity contribution in [2.45, 2.75) is 39.7 Å². The molecular formula is C18H25NOS. The summed E-state index contributed by atoms with van der Waals surface area (Å²) in [5.41, 5.74) is 2.65. The minimum absolute atomic E-state index is 0.251. The zero-order chi connectivity index (χ0) is 15.1. The molecule has 0 aliphatic carbocycles. The molecule has 0 spiro atoms. The molecule has 1 N–H and O–H groups in total. The van der Waals surface area contributed by atoms with Gasteiger partial charge in [0.1, 0.15) is 5.75 Å². The van der Waals surface area contributed by atoms with E-state index in [2.05, 4.69) is 55.7 Å². The van der Waals surface area contributed by atoms with Crippen LogP contribution in [0, 0.1) is 6.92 Å². The van der Waals surface area contributed by atoms with Crippen LogP contribution in [0.3, 0.4) is 0 Å². The van der Waals surface area contributed by atoms with Crippen molar-refractivity contribution in [3.63, 3.8) is 0 Å². The van der Waals surface area contributed by atoms with Crippen molar-refractivity contribution < 1.29 is 4.74 Å². The summed E-state index contributed by atoms with van der Waals surface area (Å²) >= 11 is 1.81. The third kappa shape index (κ3) is 4.32. The number of hydrogen-bond donors (Lipinski definition) is 1. The summed E-state index contributed by atoms with van der Waals surface area (Å²) in [6.45, 7) is 8.31. The Morgan fingerprint density at radius 3 is 2.71 bits per heavy atom. The summed E-state index contributed by atoms with van der Waals surface area (Å²) in [6, 6.07) is 11.0. The molecule has 0 amide bonds. The van der Waals surface area contributed by atoms with E-state index in [9.17, 15) is 0 Å². The SMILES string of the molecule is CCCNC(c1cccc(OCCC)c1)c1ccsc1C. The summed E-state index contributed by atoms with van der Waals surface area (Å²) in [7, 11) is 0. The molecule has 0 aliphatic rings. The molecule has 114 valence electrons. The highest BCUT2D eigenvalue weighted by atomic mass is 32.1. The zero-order valence-electron chi connectivity index (χ0n) is 13.2. The number of thiophene rings is 1. The average molecular weight is 303 g/mol. The van der Waals surface area contributed by atoms with Gasteiger partial charge in [-0.1, -0.05) is 26.0 Å². The van der Waals surface area contributed by atoms with E-state index in [4.69, 9.17) is 4.74 Å². The predicted molar refractivity (Wildman–Crippen MR) is 91.4 cm³/mol. The van der Waals surface area contributed by atoms with Gasteiger partial charge in [-0.05, 0) is 61.0 Å². The van der Waals surface area contributed by atoms with E-state index in [0.29, 0.717) is 0 Å². The molecule has 1 unspecified atom stereocenters. The molecule has 0 aliphatic heterocycles. The third-order valence-corrected chi connectivity index (χ3v) is 4.33. The molecule has 0 saturated carbocycles. The lowest BCUT2D eigenvalue weighted by Gasteiger charge is -2.20. The molecule has 1 heterocycles. The van der Waals surface area contributed by atoms with Gasteiger partial charge in [-0.15, -0.1) is 11.3 Å². The van der Waals surface area contributed by atoms with Crippen LogP contribution in [0.5, 0.6) is 5.75 Å². The Morgan fingerprint density at radius 2 is 2.05 bits per heavy atom. The van der Waals surface area contributed by atoms with E-state index in [0.717, 1.165) is 31.7 Å². The van der Waals surface area contributed by atoms with Crippen LogP contribution in [-0.4, -0.2) is 13.2 Å². The summed E-state index contributed by atoms with van der Waals surface area (Å²) < 4.78 is 5.77. The van der Waals surface area contributed by atoms with Crippen LogP contribution in [0.2, 0.25) is 0 Å². The molecule has 0 saturated heterocycles. The van der Waals surface area contributed by atoms with Gasteiger partial charge in [-0.25, -0.2) is 0 Å². The molecule has 0 fully saturated rings. The van der Waals surface area contributed by atoms with Crippen molar-refractivity contribution in [3.8, 4) is 5.75 Å². The third-order valence-electron chi connectivity index (χ3n) is 3.47. The Labute approximate surface area is 132 Å². The maximum absolute atomic E-state index is 5.77. The first-order valence-electron chi connectivity index (χ1n) is 7.76. The van der Waals surface area contributed by atoms with Crippen LogP contribution in [0.25, 0.3) is 0 Å². The molecule has 1 atom stereocenters. The summed E-state index contributed by atoms with van der Waals surface area (Å²) in [5.74, 6) is 0.963. The zero-order valence-corrected chi connectivity index (χ0v) is 14.0. The molecule has 2 rings (SSSR count). The predicted octanol–water partition coefficient (Wildman–Crippen LogP) is 4.93. The molecule has 1 aromatic heterocycles. The van der Waals surface area contributed by atoms with Crippen molar-refractivity contribution in [3.05, 3.63) is 51.7 Å². The monoisotopic (exact) mass is 303 g/mol. The topological polar surface area (TPSA) is 21.3 Å². The van der Waals surface area contributed by atoms with Gasteiger partial charge in [0, 0.05) is 4.88 Å². The highest BCUT2D eigenvalue weighted by molar-refractivity contribution is 7.10. The Bertz CT molecular complexity index is 550. The minimum atomic E-state index is 0.251. The molecule has 2 aromatic rings. The standard InChI is InChI=1S/C18H25NOS/c1-4-10-19-18(17-9-12-21-14(17)3)15-7-6-8-16(13-15)20-11-5-2/h6-9,12-13,18-19H,4-5,10-11H2,1-3H3. The minimum Gasteiger partial charge on any atom is -0.494 e. The van der Waals surface area contributed by atoms with E-state index >= 15 is 0 Å². The number of ether oxygens (including phenoxy) is 1. The molecular weight excluding hydrogens is 278 g/mol. The van der Waals surface area contributed by atoms with Crippen LogP contribution in [0.1, 0.15) is 48.7 Å². The van der Waals surface area contributed by atoms with E-state index in [1.165, 1.54) is 16.0 Å². The Balaban J connectivity index is 2.26. The molecule has 0 radical (unpaired) electrons. The Morgan fingerprint density at radius 1 is 1.19 bits per heavy atom. The molecule has 3 heteroatoms. The van der Waals surface area contributed by atoms with Crippen molar-refractivity contribution in [1.82, 2.24) is 5.32 Å². The van der Waals surface area contributed by atoms with Crippen LogP contribution >= 0.6 is 11.3 Å². The molecule has 1 aromatic carbocycles. The fraction of sp³-hybridized carbons (Fsp3) is 0.444. The highest BCUT2D eigenvalue weighted by Gasteiger charge is 2.16. The maximum Gasteiger partial charge on any atom is 0.119 e. The Hall–Kier alpha value is -1.32. The molecule has 0 bridgehead atoms. The van der Waals surface area contributed by atoms with Gasteiger partial charge in [0.25, 0.3) is 0 Å². The lowest BCUT2D eigenvalue weighted by Crippen LogP contribution is -2.23. The molecule has 21 heavy (non-hydrogen) atoms. The number of rotatable bonds is 8. The van der Waals surface area contributed by atoms with Crippen LogP contribution in [0.4, 0.5) is 0 Å². The number of nitrogens with one attached hydrogen (secondary N) is 1. The van der Waals surface area contributed by atoms with Crippen molar-refractivity contribution >= 4 is 11.3 Å². The first kappa shape index (κ1) is 16.1. The largest absolute Gasteiger partial charge is 0.494 e. The van der Waals surface area contributed by atoms with E-state index in [1.54, 1.807) is 0 Å². The second kappa shape index (κ2) is 8.20. The number of hydrogen-bond acceptors (Lipinski definition) is 3.